The maximum Gasteiger partial charge on any atom is 0.317 e. The summed E-state index contributed by atoms with van der Waals surface area (Å²) in [5.41, 5.74) is 7.85. The minimum absolute atomic E-state index is 0.0924. The summed E-state index contributed by atoms with van der Waals surface area (Å²) < 4.78 is 0. The largest absolute Gasteiger partial charge is 0.374 e. The van der Waals surface area contributed by atoms with Crippen LogP contribution in [0.2, 0.25) is 0 Å². The van der Waals surface area contributed by atoms with E-state index in [4.69, 9.17) is 5.73 Å². The van der Waals surface area contributed by atoms with Crippen molar-refractivity contribution < 1.29 is 9.59 Å². The molecule has 0 aliphatic carbocycles. The van der Waals surface area contributed by atoms with Crippen LogP contribution in [-0.2, 0) is 4.79 Å². The highest BCUT2D eigenvalue weighted by Gasteiger charge is 2.30. The van der Waals surface area contributed by atoms with Crippen molar-refractivity contribution in [3.63, 3.8) is 0 Å². The first-order valence-corrected chi connectivity index (χ1v) is 8.18. The van der Waals surface area contributed by atoms with Gasteiger partial charge in [-0.1, -0.05) is 18.2 Å². The first-order valence-electron chi connectivity index (χ1n) is 8.18. The van der Waals surface area contributed by atoms with E-state index in [1.54, 1.807) is 4.90 Å². The first-order chi connectivity index (χ1) is 11.1. The molecule has 0 spiro atoms. The van der Waals surface area contributed by atoms with Gasteiger partial charge in [-0.15, -0.1) is 0 Å². The minimum Gasteiger partial charge on any atom is -0.374 e. The molecule has 2 aliphatic heterocycles. The molecule has 3 N–H and O–H groups in total. The van der Waals surface area contributed by atoms with Gasteiger partial charge in [0.1, 0.15) is 0 Å². The number of benzene rings is 1. The predicted molar refractivity (Wildman–Crippen MR) is 89.3 cm³/mol. The molecule has 6 nitrogen and oxygen atoms in total. The lowest BCUT2D eigenvalue weighted by atomic mass is 9.90. The van der Waals surface area contributed by atoms with Crippen molar-refractivity contribution in [3.8, 4) is 0 Å². The van der Waals surface area contributed by atoms with Crippen molar-refractivity contribution >= 4 is 17.6 Å². The number of rotatable bonds is 3. The van der Waals surface area contributed by atoms with Gasteiger partial charge < -0.3 is 20.9 Å². The third kappa shape index (κ3) is 3.25. The standard InChI is InChI=1S/C17H24N4O2/c1-20-8-6-12(14-4-2-3-5-15(14)20)10-19-17(23)21-9-7-13(11-21)16(18)22/h2-5,12-13H,6-11H2,1H3,(H2,18,22)(H,19,23)/t12-,13-/m0/s1. The number of amides is 3. The van der Waals surface area contributed by atoms with Crippen molar-refractivity contribution in [2.45, 2.75) is 18.8 Å². The zero-order valence-corrected chi connectivity index (χ0v) is 13.5. The number of hydrogen-bond acceptors (Lipinski definition) is 3. The van der Waals surface area contributed by atoms with Crippen molar-refractivity contribution in [1.82, 2.24) is 10.2 Å². The lowest BCUT2D eigenvalue weighted by molar-refractivity contribution is -0.121. The Bertz CT molecular complexity index is 604. The molecular formula is C17H24N4O2. The molecule has 6 heteroatoms. The topological polar surface area (TPSA) is 78.7 Å². The maximum atomic E-state index is 12.3. The number of para-hydroxylation sites is 1. The summed E-state index contributed by atoms with van der Waals surface area (Å²) in [4.78, 5) is 27.4. The zero-order chi connectivity index (χ0) is 16.4. The second-order valence-corrected chi connectivity index (χ2v) is 6.49. The van der Waals surface area contributed by atoms with Crippen LogP contribution in [0, 0.1) is 5.92 Å². The molecule has 1 aromatic carbocycles. The van der Waals surface area contributed by atoms with E-state index < -0.39 is 0 Å². The summed E-state index contributed by atoms with van der Waals surface area (Å²) in [5, 5.41) is 3.03. The van der Waals surface area contributed by atoms with Crippen LogP contribution in [0.1, 0.15) is 24.3 Å². The van der Waals surface area contributed by atoms with Gasteiger partial charge in [-0.3, -0.25) is 4.79 Å². The number of hydrogen-bond donors (Lipinski definition) is 2. The van der Waals surface area contributed by atoms with Crippen LogP contribution in [0.3, 0.4) is 0 Å². The number of fused-ring (bicyclic) bond motifs is 1. The van der Waals surface area contributed by atoms with Crippen LogP contribution in [0.15, 0.2) is 24.3 Å². The molecule has 1 fully saturated rings. The van der Waals surface area contributed by atoms with E-state index in [1.807, 2.05) is 12.1 Å². The fourth-order valence-electron chi connectivity index (χ4n) is 3.52. The number of likely N-dealkylation sites (tertiary alicyclic amines) is 1. The van der Waals surface area contributed by atoms with Gasteiger partial charge in [-0.05, 0) is 24.5 Å². The monoisotopic (exact) mass is 316 g/mol. The number of urea groups is 1. The Labute approximate surface area is 136 Å². The van der Waals surface area contributed by atoms with Crippen LogP contribution in [-0.4, -0.2) is 50.1 Å². The normalized spacial score (nSPS) is 23.5. The Kier molecular flexibility index (Phi) is 4.41. The van der Waals surface area contributed by atoms with E-state index in [9.17, 15) is 9.59 Å². The number of primary amides is 1. The predicted octanol–water partition coefficient (Wildman–Crippen LogP) is 1.13. The Balaban J connectivity index is 1.58. The van der Waals surface area contributed by atoms with E-state index in [2.05, 4.69) is 29.4 Å². The number of nitrogens with zero attached hydrogens (tertiary/aromatic N) is 2. The molecule has 2 atom stereocenters. The van der Waals surface area contributed by atoms with Crippen molar-refractivity contribution in [1.29, 1.82) is 0 Å². The highest BCUT2D eigenvalue weighted by molar-refractivity contribution is 5.80. The van der Waals surface area contributed by atoms with Gasteiger partial charge in [0, 0.05) is 44.8 Å². The molecule has 1 saturated heterocycles. The van der Waals surface area contributed by atoms with Crippen LogP contribution in [0.4, 0.5) is 10.5 Å². The zero-order valence-electron chi connectivity index (χ0n) is 13.5. The molecule has 2 heterocycles. The molecular weight excluding hydrogens is 292 g/mol. The van der Waals surface area contributed by atoms with E-state index in [0.717, 1.165) is 13.0 Å². The third-order valence-corrected chi connectivity index (χ3v) is 4.98. The summed E-state index contributed by atoms with van der Waals surface area (Å²) >= 11 is 0. The van der Waals surface area contributed by atoms with Crippen molar-refractivity contribution in [3.05, 3.63) is 29.8 Å². The van der Waals surface area contributed by atoms with Gasteiger partial charge >= 0.3 is 6.03 Å². The number of nitrogens with two attached hydrogens (primary N) is 1. The highest BCUT2D eigenvalue weighted by atomic mass is 16.2. The number of anilines is 1. The lowest BCUT2D eigenvalue weighted by Gasteiger charge is -2.33. The van der Waals surface area contributed by atoms with E-state index in [1.165, 1.54) is 11.3 Å². The molecule has 3 rings (SSSR count). The second kappa shape index (κ2) is 6.48. The van der Waals surface area contributed by atoms with E-state index >= 15 is 0 Å². The first kappa shape index (κ1) is 15.6. The van der Waals surface area contributed by atoms with Gasteiger partial charge in [0.25, 0.3) is 0 Å². The molecule has 1 aromatic rings. The highest BCUT2D eigenvalue weighted by Crippen LogP contribution is 2.33. The Morgan fingerprint density at radius 2 is 2.04 bits per heavy atom. The maximum absolute atomic E-state index is 12.3. The molecule has 0 bridgehead atoms. The van der Waals surface area contributed by atoms with Crippen LogP contribution < -0.4 is 16.0 Å². The Morgan fingerprint density at radius 3 is 2.78 bits per heavy atom. The molecule has 0 aromatic heterocycles. The molecule has 2 aliphatic rings. The third-order valence-electron chi connectivity index (χ3n) is 4.98. The summed E-state index contributed by atoms with van der Waals surface area (Å²) in [6, 6.07) is 8.27. The molecule has 23 heavy (non-hydrogen) atoms. The fraction of sp³-hybridized carbons (Fsp3) is 0.529. The molecule has 0 saturated carbocycles. The lowest BCUT2D eigenvalue weighted by Crippen LogP contribution is -2.42. The SMILES string of the molecule is CN1CC[C@@H](CNC(=O)N2CC[C@H](C(N)=O)C2)c2ccccc21. The average molecular weight is 316 g/mol. The van der Waals surface area contributed by atoms with Crippen LogP contribution >= 0.6 is 0 Å². The van der Waals surface area contributed by atoms with E-state index in [-0.39, 0.29) is 17.9 Å². The van der Waals surface area contributed by atoms with Crippen molar-refractivity contribution in [2.75, 3.05) is 38.1 Å². The summed E-state index contributed by atoms with van der Waals surface area (Å²) in [6.07, 6.45) is 1.69. The van der Waals surface area contributed by atoms with Gasteiger partial charge in [-0.25, -0.2) is 4.79 Å². The Morgan fingerprint density at radius 1 is 1.26 bits per heavy atom. The quantitative estimate of drug-likeness (QED) is 0.877. The minimum atomic E-state index is -0.315. The van der Waals surface area contributed by atoms with E-state index in [0.29, 0.717) is 32.0 Å². The number of carbonyl (C=O) groups is 2. The molecule has 3 amide bonds. The smallest absolute Gasteiger partial charge is 0.317 e. The molecule has 0 unspecified atom stereocenters. The average Bonchev–Trinajstić information content (AvgIpc) is 3.05. The number of carbonyl (C=O) groups excluding carboxylic acids is 2. The molecule has 124 valence electrons. The summed E-state index contributed by atoms with van der Waals surface area (Å²) in [6.45, 7) is 2.65. The second-order valence-electron chi connectivity index (χ2n) is 6.49. The molecule has 0 radical (unpaired) electrons. The van der Waals surface area contributed by atoms with Crippen LogP contribution in [0.25, 0.3) is 0 Å². The van der Waals surface area contributed by atoms with Crippen LogP contribution in [0.5, 0.6) is 0 Å². The van der Waals surface area contributed by atoms with Crippen molar-refractivity contribution in [2.24, 2.45) is 11.7 Å². The van der Waals surface area contributed by atoms with Gasteiger partial charge in [-0.2, -0.15) is 0 Å². The summed E-state index contributed by atoms with van der Waals surface area (Å²) in [7, 11) is 2.10. The van der Waals surface area contributed by atoms with Gasteiger partial charge in [0.05, 0.1) is 5.92 Å². The Hall–Kier alpha value is -2.24. The fourth-order valence-corrected chi connectivity index (χ4v) is 3.52. The van der Waals surface area contributed by atoms with Gasteiger partial charge in [0.2, 0.25) is 5.91 Å². The number of nitrogens with one attached hydrogen (secondary N) is 1. The summed E-state index contributed by atoms with van der Waals surface area (Å²) in [5.74, 6) is -0.185. The van der Waals surface area contributed by atoms with Gasteiger partial charge in [0.15, 0.2) is 0 Å².